The molecule has 0 spiro atoms. The number of fused-ring (bicyclic) bond motifs is 1. The van der Waals surface area contributed by atoms with Crippen LogP contribution in [0.2, 0.25) is 0 Å². The van der Waals surface area contributed by atoms with Gasteiger partial charge in [0.2, 0.25) is 0 Å². The Labute approximate surface area is 114 Å². The summed E-state index contributed by atoms with van der Waals surface area (Å²) in [5.74, 6) is -0.418. The molecule has 0 unspecified atom stereocenters. The van der Waals surface area contributed by atoms with Crippen molar-refractivity contribution in [1.82, 2.24) is 9.97 Å². The van der Waals surface area contributed by atoms with E-state index in [1.165, 1.54) is 12.4 Å². The highest BCUT2D eigenvalue weighted by Gasteiger charge is 2.24. The van der Waals surface area contributed by atoms with E-state index in [1.807, 2.05) is 6.07 Å². The van der Waals surface area contributed by atoms with E-state index in [4.69, 9.17) is 5.26 Å². The first-order chi connectivity index (χ1) is 9.70. The summed E-state index contributed by atoms with van der Waals surface area (Å²) in [6.07, 6.45) is 3.29. The first-order valence-corrected chi connectivity index (χ1v) is 6.12. The summed E-state index contributed by atoms with van der Waals surface area (Å²) >= 11 is 0. The van der Waals surface area contributed by atoms with Crippen molar-refractivity contribution in [2.45, 2.75) is 13.0 Å². The molecule has 1 aromatic carbocycles. The standard InChI is InChI=1S/C14H10F2N4/c15-11-1-2-12(16)10-8-20(6-3-9(10)11)14-13(7-17)18-4-5-19-14/h1-2,4-5H,3,6,8H2. The molecule has 1 aromatic heterocycles. The van der Waals surface area contributed by atoms with Crippen molar-refractivity contribution >= 4 is 5.82 Å². The number of rotatable bonds is 1. The number of hydrogen-bond donors (Lipinski definition) is 0. The number of anilines is 1. The van der Waals surface area contributed by atoms with Gasteiger partial charge in [0.25, 0.3) is 0 Å². The maximum atomic E-state index is 13.8. The second-order valence-corrected chi connectivity index (χ2v) is 4.50. The maximum absolute atomic E-state index is 13.8. The minimum absolute atomic E-state index is 0.187. The Morgan fingerprint density at radius 1 is 1.10 bits per heavy atom. The zero-order chi connectivity index (χ0) is 14.1. The fourth-order valence-electron chi connectivity index (χ4n) is 2.42. The lowest BCUT2D eigenvalue weighted by Crippen LogP contribution is -2.33. The van der Waals surface area contributed by atoms with E-state index in [0.29, 0.717) is 29.9 Å². The first kappa shape index (κ1) is 12.5. The molecule has 100 valence electrons. The van der Waals surface area contributed by atoms with Gasteiger partial charge in [-0.3, -0.25) is 0 Å². The molecular weight excluding hydrogens is 262 g/mol. The van der Waals surface area contributed by atoms with Crippen LogP contribution >= 0.6 is 0 Å². The molecule has 0 N–H and O–H groups in total. The lowest BCUT2D eigenvalue weighted by molar-refractivity contribution is 0.548. The van der Waals surface area contributed by atoms with Gasteiger partial charge >= 0.3 is 0 Å². The Kier molecular flexibility index (Phi) is 3.03. The highest BCUT2D eigenvalue weighted by molar-refractivity contribution is 5.52. The van der Waals surface area contributed by atoms with Gasteiger partial charge in [0.15, 0.2) is 11.5 Å². The zero-order valence-electron chi connectivity index (χ0n) is 10.5. The monoisotopic (exact) mass is 272 g/mol. The van der Waals surface area contributed by atoms with Crippen molar-refractivity contribution in [3.8, 4) is 6.07 Å². The van der Waals surface area contributed by atoms with Gasteiger partial charge in [-0.05, 0) is 24.1 Å². The Morgan fingerprint density at radius 3 is 2.55 bits per heavy atom. The third-order valence-corrected chi connectivity index (χ3v) is 3.38. The Hall–Kier alpha value is -2.55. The Morgan fingerprint density at radius 2 is 1.80 bits per heavy atom. The minimum atomic E-state index is -0.437. The lowest BCUT2D eigenvalue weighted by atomic mass is 9.98. The number of aromatic nitrogens is 2. The van der Waals surface area contributed by atoms with E-state index in [2.05, 4.69) is 9.97 Å². The molecule has 1 aliphatic rings. The molecule has 0 atom stereocenters. The Balaban J connectivity index is 2.01. The Bertz CT molecular complexity index is 709. The highest BCUT2D eigenvalue weighted by Crippen LogP contribution is 2.27. The van der Waals surface area contributed by atoms with Crippen LogP contribution in [0, 0.1) is 23.0 Å². The number of benzene rings is 1. The van der Waals surface area contributed by atoms with E-state index < -0.39 is 5.82 Å². The average molecular weight is 272 g/mol. The van der Waals surface area contributed by atoms with E-state index in [9.17, 15) is 8.78 Å². The van der Waals surface area contributed by atoms with E-state index in [1.54, 1.807) is 4.90 Å². The lowest BCUT2D eigenvalue weighted by Gasteiger charge is -2.30. The smallest absolute Gasteiger partial charge is 0.183 e. The van der Waals surface area contributed by atoms with Crippen LogP contribution in [-0.4, -0.2) is 16.5 Å². The second-order valence-electron chi connectivity index (χ2n) is 4.50. The molecule has 20 heavy (non-hydrogen) atoms. The van der Waals surface area contributed by atoms with Gasteiger partial charge in [-0.2, -0.15) is 5.26 Å². The first-order valence-electron chi connectivity index (χ1n) is 6.12. The van der Waals surface area contributed by atoms with E-state index >= 15 is 0 Å². The van der Waals surface area contributed by atoms with Crippen LogP contribution in [0.5, 0.6) is 0 Å². The van der Waals surface area contributed by atoms with Gasteiger partial charge in [-0.15, -0.1) is 0 Å². The average Bonchev–Trinajstić information content (AvgIpc) is 2.50. The van der Waals surface area contributed by atoms with Gasteiger partial charge in [-0.25, -0.2) is 18.7 Å². The van der Waals surface area contributed by atoms with Crippen LogP contribution in [0.3, 0.4) is 0 Å². The normalized spacial score (nSPS) is 13.8. The van der Waals surface area contributed by atoms with Gasteiger partial charge in [0.1, 0.15) is 17.7 Å². The van der Waals surface area contributed by atoms with Crippen LogP contribution in [0.25, 0.3) is 0 Å². The van der Waals surface area contributed by atoms with Crippen LogP contribution < -0.4 is 4.90 Å². The molecule has 3 rings (SSSR count). The molecule has 0 saturated heterocycles. The van der Waals surface area contributed by atoms with Crippen LogP contribution in [0.15, 0.2) is 24.5 Å². The quantitative estimate of drug-likeness (QED) is 0.798. The van der Waals surface area contributed by atoms with Crippen molar-refractivity contribution in [3.63, 3.8) is 0 Å². The van der Waals surface area contributed by atoms with E-state index in [0.717, 1.165) is 12.1 Å². The topological polar surface area (TPSA) is 52.8 Å². The molecule has 2 heterocycles. The third-order valence-electron chi connectivity index (χ3n) is 3.38. The molecule has 0 fully saturated rings. The molecule has 6 heteroatoms. The van der Waals surface area contributed by atoms with Gasteiger partial charge in [-0.1, -0.05) is 0 Å². The molecule has 0 amide bonds. The third kappa shape index (κ3) is 1.97. The fraction of sp³-hybridized carbons (Fsp3) is 0.214. The van der Waals surface area contributed by atoms with Crippen LogP contribution in [-0.2, 0) is 13.0 Å². The SMILES string of the molecule is N#Cc1nccnc1N1CCc2c(F)ccc(F)c2C1. The van der Waals surface area contributed by atoms with Crippen molar-refractivity contribution < 1.29 is 8.78 Å². The molecule has 2 aromatic rings. The summed E-state index contributed by atoms with van der Waals surface area (Å²) in [5.41, 5.74) is 0.919. The van der Waals surface area contributed by atoms with Gasteiger partial charge < -0.3 is 4.90 Å². The summed E-state index contributed by atoms with van der Waals surface area (Å²) in [6.45, 7) is 0.660. The summed E-state index contributed by atoms with van der Waals surface area (Å²) in [4.78, 5) is 9.80. The number of hydrogen-bond acceptors (Lipinski definition) is 4. The number of nitrogens with zero attached hydrogens (tertiary/aromatic N) is 4. The van der Waals surface area contributed by atoms with Gasteiger partial charge in [0.05, 0.1) is 0 Å². The number of nitriles is 1. The van der Waals surface area contributed by atoms with Crippen molar-refractivity contribution in [3.05, 3.63) is 53.0 Å². The summed E-state index contributed by atoms with van der Waals surface area (Å²) in [5, 5.41) is 9.03. The molecule has 1 aliphatic heterocycles. The van der Waals surface area contributed by atoms with Gasteiger partial charge in [0, 0.05) is 31.0 Å². The fourth-order valence-corrected chi connectivity index (χ4v) is 2.42. The molecule has 0 bridgehead atoms. The van der Waals surface area contributed by atoms with Crippen molar-refractivity contribution in [1.29, 1.82) is 5.26 Å². The molecule has 0 radical (unpaired) electrons. The zero-order valence-corrected chi connectivity index (χ0v) is 10.5. The van der Waals surface area contributed by atoms with Crippen LogP contribution in [0.1, 0.15) is 16.8 Å². The van der Waals surface area contributed by atoms with Crippen molar-refractivity contribution in [2.24, 2.45) is 0 Å². The van der Waals surface area contributed by atoms with Crippen molar-refractivity contribution in [2.75, 3.05) is 11.4 Å². The predicted octanol–water partition coefficient (Wildman–Crippen LogP) is 2.19. The largest absolute Gasteiger partial charge is 0.349 e. The molecular formula is C14H10F2N4. The highest BCUT2D eigenvalue weighted by atomic mass is 19.1. The predicted molar refractivity (Wildman–Crippen MR) is 67.9 cm³/mol. The molecule has 0 aliphatic carbocycles. The summed E-state index contributed by atoms with van der Waals surface area (Å²) in [6, 6.07) is 4.23. The van der Waals surface area contributed by atoms with Crippen LogP contribution in [0.4, 0.5) is 14.6 Å². The number of halogens is 2. The summed E-state index contributed by atoms with van der Waals surface area (Å²) in [7, 11) is 0. The van der Waals surface area contributed by atoms with E-state index in [-0.39, 0.29) is 18.1 Å². The molecule has 4 nitrogen and oxygen atoms in total. The second kappa shape index (κ2) is 4.85. The summed E-state index contributed by atoms with van der Waals surface area (Å²) < 4.78 is 27.5. The minimum Gasteiger partial charge on any atom is -0.349 e. The molecule has 0 saturated carbocycles. The maximum Gasteiger partial charge on any atom is 0.183 e.